The lowest BCUT2D eigenvalue weighted by Gasteiger charge is -2.47. The molecule has 3 aliphatic heterocycles. The number of nitrogens with zero attached hydrogens (tertiary/aromatic N) is 5. The number of allylic oxidation sites excluding steroid dienone is 2. The van der Waals surface area contributed by atoms with Gasteiger partial charge in [0.1, 0.15) is 5.82 Å². The molecule has 3 heterocycles. The molecule has 2 fully saturated rings. The van der Waals surface area contributed by atoms with Gasteiger partial charge in [0.15, 0.2) is 0 Å². The Bertz CT molecular complexity index is 1110. The van der Waals surface area contributed by atoms with Crippen LogP contribution in [0.3, 0.4) is 0 Å². The Labute approximate surface area is 217 Å². The fraction of sp³-hybridized carbons (Fsp3) is 0.533. The first-order valence-corrected chi connectivity index (χ1v) is 13.4. The number of para-hydroxylation sites is 1. The lowest BCUT2D eigenvalue weighted by atomic mass is 9.86. The molecule has 192 valence electrons. The van der Waals surface area contributed by atoms with Crippen molar-refractivity contribution in [2.45, 2.75) is 52.9 Å². The van der Waals surface area contributed by atoms with Gasteiger partial charge in [-0.2, -0.15) is 5.26 Å². The summed E-state index contributed by atoms with van der Waals surface area (Å²) in [6.07, 6.45) is 7.28. The van der Waals surface area contributed by atoms with Crippen LogP contribution in [-0.2, 0) is 4.79 Å². The molecule has 0 N–H and O–H groups in total. The number of benzene rings is 1. The third-order valence-electron chi connectivity index (χ3n) is 7.80. The number of nitriles is 1. The quantitative estimate of drug-likeness (QED) is 0.562. The van der Waals surface area contributed by atoms with Gasteiger partial charge in [0.2, 0.25) is 5.91 Å². The van der Waals surface area contributed by atoms with E-state index in [1.807, 2.05) is 14.1 Å². The smallest absolute Gasteiger partial charge is 0.236 e. The SMILES string of the molecule is CCC/C=C1\C(C)=C2CCN(CC(=O)N(C)C)CC2=C(N2CCC(C#N)CC2)N1c1ccccc1C. The number of hydrogen-bond donors (Lipinski definition) is 0. The number of piperidine rings is 2. The van der Waals surface area contributed by atoms with E-state index < -0.39 is 0 Å². The van der Waals surface area contributed by atoms with Crippen molar-refractivity contribution in [2.24, 2.45) is 5.92 Å². The van der Waals surface area contributed by atoms with Gasteiger partial charge in [-0.05, 0) is 62.3 Å². The molecule has 6 nitrogen and oxygen atoms in total. The van der Waals surface area contributed by atoms with Gasteiger partial charge in [0.25, 0.3) is 0 Å². The Kier molecular flexibility index (Phi) is 8.21. The van der Waals surface area contributed by atoms with Crippen molar-refractivity contribution in [3.05, 3.63) is 64.1 Å². The van der Waals surface area contributed by atoms with Crippen LogP contribution in [-0.4, -0.2) is 67.4 Å². The van der Waals surface area contributed by atoms with E-state index in [-0.39, 0.29) is 11.8 Å². The number of hydrogen-bond acceptors (Lipinski definition) is 5. The summed E-state index contributed by atoms with van der Waals surface area (Å²) in [5.41, 5.74) is 7.89. The number of aryl methyl sites for hydroxylation is 1. The first-order chi connectivity index (χ1) is 17.3. The van der Waals surface area contributed by atoms with Gasteiger partial charge in [-0.15, -0.1) is 0 Å². The predicted molar refractivity (Wildman–Crippen MR) is 146 cm³/mol. The second kappa shape index (κ2) is 11.3. The van der Waals surface area contributed by atoms with Crippen molar-refractivity contribution in [3.8, 4) is 6.07 Å². The number of likely N-dealkylation sites (tertiary alicyclic amines) is 2. The standard InChI is InChI=1S/C30H41N5O/c1-6-7-11-28-23(3)25-15-16-33(21-29(36)32(4)5)20-26(25)30(34-17-13-24(19-31)14-18-34)35(28)27-12-9-8-10-22(27)2/h8-12,24H,6-7,13-18,20-21H2,1-5H3/b28-11+. The summed E-state index contributed by atoms with van der Waals surface area (Å²) in [7, 11) is 3.66. The van der Waals surface area contributed by atoms with E-state index in [0.717, 1.165) is 58.3 Å². The average molecular weight is 488 g/mol. The Morgan fingerprint density at radius 3 is 2.50 bits per heavy atom. The Balaban J connectivity index is 1.86. The summed E-state index contributed by atoms with van der Waals surface area (Å²) < 4.78 is 0. The zero-order chi connectivity index (χ0) is 25.8. The number of unbranched alkanes of at least 4 members (excludes halogenated alkanes) is 1. The zero-order valence-corrected chi connectivity index (χ0v) is 22.7. The third kappa shape index (κ3) is 5.22. The molecule has 1 amide bonds. The lowest BCUT2D eigenvalue weighted by Crippen LogP contribution is -2.47. The van der Waals surface area contributed by atoms with Crippen LogP contribution in [0.1, 0.15) is 51.5 Å². The molecule has 0 spiro atoms. The Morgan fingerprint density at radius 1 is 1.14 bits per heavy atom. The number of carbonyl (C=O) groups excluding carboxylic acids is 1. The van der Waals surface area contributed by atoms with Crippen LogP contribution in [0.2, 0.25) is 0 Å². The highest BCUT2D eigenvalue weighted by Crippen LogP contribution is 2.44. The van der Waals surface area contributed by atoms with Crippen molar-refractivity contribution in [3.63, 3.8) is 0 Å². The molecular formula is C30H41N5O. The predicted octanol–water partition coefficient (Wildman–Crippen LogP) is 5.06. The second-order valence-corrected chi connectivity index (χ2v) is 10.5. The van der Waals surface area contributed by atoms with E-state index in [1.54, 1.807) is 4.90 Å². The van der Waals surface area contributed by atoms with Gasteiger partial charge < -0.3 is 9.80 Å². The molecule has 0 saturated carbocycles. The van der Waals surface area contributed by atoms with E-state index in [4.69, 9.17) is 0 Å². The monoisotopic (exact) mass is 487 g/mol. The molecule has 0 aromatic heterocycles. The van der Waals surface area contributed by atoms with Gasteiger partial charge in [-0.25, -0.2) is 0 Å². The molecule has 4 rings (SSSR count). The highest BCUT2D eigenvalue weighted by molar-refractivity contribution is 5.78. The largest absolute Gasteiger partial charge is 0.357 e. The molecule has 0 bridgehead atoms. The molecule has 6 heteroatoms. The molecule has 1 aromatic carbocycles. The number of carbonyl (C=O) groups is 1. The zero-order valence-electron chi connectivity index (χ0n) is 22.7. The molecule has 0 atom stereocenters. The summed E-state index contributed by atoms with van der Waals surface area (Å²) in [5.74, 6) is 1.53. The van der Waals surface area contributed by atoms with Crippen molar-refractivity contribution in [2.75, 3.05) is 51.7 Å². The van der Waals surface area contributed by atoms with Crippen molar-refractivity contribution in [1.82, 2.24) is 14.7 Å². The Hall–Kier alpha value is -3.04. The summed E-state index contributed by atoms with van der Waals surface area (Å²) in [5, 5.41) is 9.53. The van der Waals surface area contributed by atoms with E-state index in [2.05, 4.69) is 71.9 Å². The van der Waals surface area contributed by atoms with Gasteiger partial charge in [0.05, 0.1) is 18.3 Å². The van der Waals surface area contributed by atoms with E-state index in [9.17, 15) is 10.1 Å². The molecule has 2 saturated heterocycles. The molecule has 3 aliphatic rings. The normalized spacial score (nSPS) is 20.6. The van der Waals surface area contributed by atoms with Crippen LogP contribution in [0.5, 0.6) is 0 Å². The second-order valence-electron chi connectivity index (χ2n) is 10.5. The molecule has 0 aliphatic carbocycles. The van der Waals surface area contributed by atoms with Gasteiger partial charge in [-0.1, -0.05) is 37.6 Å². The first-order valence-electron chi connectivity index (χ1n) is 13.4. The van der Waals surface area contributed by atoms with Crippen LogP contribution in [0.4, 0.5) is 5.69 Å². The number of anilines is 1. The van der Waals surface area contributed by atoms with Gasteiger partial charge in [-0.3, -0.25) is 14.6 Å². The van der Waals surface area contributed by atoms with E-state index in [0.29, 0.717) is 6.54 Å². The van der Waals surface area contributed by atoms with E-state index >= 15 is 0 Å². The number of amides is 1. The summed E-state index contributed by atoms with van der Waals surface area (Å²) in [6.45, 7) is 10.6. The van der Waals surface area contributed by atoms with Crippen LogP contribution in [0.15, 0.2) is 58.6 Å². The van der Waals surface area contributed by atoms with Crippen LogP contribution in [0, 0.1) is 24.2 Å². The first kappa shape index (κ1) is 26.0. The van der Waals surface area contributed by atoms with Crippen LogP contribution < -0.4 is 4.90 Å². The molecule has 36 heavy (non-hydrogen) atoms. The average Bonchev–Trinajstić information content (AvgIpc) is 2.88. The topological polar surface area (TPSA) is 53.8 Å². The van der Waals surface area contributed by atoms with E-state index in [1.165, 1.54) is 39.5 Å². The minimum absolute atomic E-state index is 0.134. The van der Waals surface area contributed by atoms with Crippen LogP contribution in [0.25, 0.3) is 0 Å². The minimum atomic E-state index is 0.134. The highest BCUT2D eigenvalue weighted by atomic mass is 16.2. The minimum Gasteiger partial charge on any atom is -0.357 e. The van der Waals surface area contributed by atoms with Crippen molar-refractivity contribution in [1.29, 1.82) is 5.26 Å². The molecule has 1 aromatic rings. The lowest BCUT2D eigenvalue weighted by molar-refractivity contribution is -0.129. The molecular weight excluding hydrogens is 446 g/mol. The van der Waals surface area contributed by atoms with Crippen molar-refractivity contribution >= 4 is 11.6 Å². The van der Waals surface area contributed by atoms with Gasteiger partial charge in [0, 0.05) is 57.5 Å². The van der Waals surface area contributed by atoms with Crippen LogP contribution >= 0.6 is 0 Å². The number of rotatable bonds is 6. The summed E-state index contributed by atoms with van der Waals surface area (Å²) >= 11 is 0. The summed E-state index contributed by atoms with van der Waals surface area (Å²) in [6, 6.07) is 11.1. The molecule has 0 radical (unpaired) electrons. The fourth-order valence-corrected chi connectivity index (χ4v) is 5.61. The number of fused-ring (bicyclic) bond motifs is 1. The Morgan fingerprint density at radius 2 is 1.86 bits per heavy atom. The maximum absolute atomic E-state index is 12.6. The molecule has 0 unspecified atom stereocenters. The highest BCUT2D eigenvalue weighted by Gasteiger charge is 2.37. The maximum atomic E-state index is 12.6. The van der Waals surface area contributed by atoms with Gasteiger partial charge >= 0.3 is 0 Å². The number of likely N-dealkylation sites (N-methyl/N-ethyl adjacent to an activating group) is 1. The summed E-state index contributed by atoms with van der Waals surface area (Å²) in [4.78, 5) is 21.6. The fourth-order valence-electron chi connectivity index (χ4n) is 5.61. The van der Waals surface area contributed by atoms with Crippen molar-refractivity contribution < 1.29 is 4.79 Å². The third-order valence-corrected chi connectivity index (χ3v) is 7.80. The maximum Gasteiger partial charge on any atom is 0.236 e.